The van der Waals surface area contributed by atoms with Crippen molar-refractivity contribution in [1.29, 1.82) is 0 Å². The molecule has 78 valence electrons. The van der Waals surface area contributed by atoms with E-state index in [9.17, 15) is 4.79 Å². The molecule has 0 aliphatic carbocycles. The van der Waals surface area contributed by atoms with Gasteiger partial charge in [0.2, 0.25) is 0 Å². The molecule has 0 amide bonds. The van der Waals surface area contributed by atoms with Crippen LogP contribution in [0.1, 0.15) is 35.6 Å². The first-order valence-electron chi connectivity index (χ1n) is 4.51. The Bertz CT molecular complexity index is 325. The number of aromatic nitrogens is 1. The van der Waals surface area contributed by atoms with Crippen molar-refractivity contribution in [2.75, 3.05) is 6.61 Å². The molecule has 1 rings (SSSR count). The Kier molecular flexibility index (Phi) is 4.35. The Morgan fingerprint density at radius 2 is 2.29 bits per heavy atom. The van der Waals surface area contributed by atoms with Crippen molar-refractivity contribution >= 4 is 28.9 Å². The molecule has 0 fully saturated rings. The van der Waals surface area contributed by atoms with Crippen molar-refractivity contribution in [3.8, 4) is 0 Å². The average Bonchev–Trinajstić information content (AvgIpc) is 2.48. The fourth-order valence-electron chi connectivity index (χ4n) is 1.08. The molecular weight excluding hydrogens is 222 g/mol. The number of hydrogen-bond acceptors (Lipinski definition) is 4. The highest BCUT2D eigenvalue weighted by Gasteiger charge is 2.17. The number of hydrogen-bond donors (Lipinski definition) is 0. The van der Waals surface area contributed by atoms with Crippen molar-refractivity contribution < 1.29 is 9.53 Å². The van der Waals surface area contributed by atoms with E-state index < -0.39 is 0 Å². The predicted octanol–water partition coefficient (Wildman–Crippen LogP) is 2.93. The van der Waals surface area contributed by atoms with E-state index in [1.807, 2.05) is 6.92 Å². The van der Waals surface area contributed by atoms with E-state index in [4.69, 9.17) is 16.3 Å². The lowest BCUT2D eigenvalue weighted by atomic mass is 10.2. The van der Waals surface area contributed by atoms with Gasteiger partial charge < -0.3 is 4.74 Å². The highest BCUT2D eigenvalue weighted by atomic mass is 35.5. The van der Waals surface area contributed by atoms with Crippen LogP contribution in [0.25, 0.3) is 0 Å². The maximum atomic E-state index is 11.4. The van der Waals surface area contributed by atoms with E-state index in [1.165, 1.54) is 11.3 Å². The van der Waals surface area contributed by atoms with E-state index in [0.717, 1.165) is 17.7 Å². The maximum Gasteiger partial charge on any atom is 0.358 e. The lowest BCUT2D eigenvalue weighted by molar-refractivity contribution is 0.0519. The molecule has 5 heteroatoms. The van der Waals surface area contributed by atoms with Crippen molar-refractivity contribution in [2.45, 2.75) is 26.7 Å². The summed E-state index contributed by atoms with van der Waals surface area (Å²) in [4.78, 5) is 16.3. The van der Waals surface area contributed by atoms with Gasteiger partial charge in [-0.1, -0.05) is 24.9 Å². The second-order valence-corrected chi connectivity index (χ2v) is 4.37. The standard InChI is InChI=1S/C9H12ClNO2S/c1-3-5-6-7(8(12)13-4-2)11-9(10)14-6/h3-5H2,1-2H3. The molecule has 0 unspecified atom stereocenters. The summed E-state index contributed by atoms with van der Waals surface area (Å²) in [5.74, 6) is -0.376. The summed E-state index contributed by atoms with van der Waals surface area (Å²) < 4.78 is 5.27. The number of ether oxygens (including phenoxy) is 1. The minimum Gasteiger partial charge on any atom is -0.461 e. The first-order valence-corrected chi connectivity index (χ1v) is 5.70. The molecule has 0 atom stereocenters. The topological polar surface area (TPSA) is 39.2 Å². The minimum atomic E-state index is -0.376. The molecule has 1 aromatic rings. The van der Waals surface area contributed by atoms with E-state index >= 15 is 0 Å². The van der Waals surface area contributed by atoms with Crippen LogP contribution < -0.4 is 0 Å². The van der Waals surface area contributed by atoms with Crippen LogP contribution in [-0.4, -0.2) is 17.6 Å². The third-order valence-electron chi connectivity index (χ3n) is 1.62. The fraction of sp³-hybridized carbons (Fsp3) is 0.556. The Hall–Kier alpha value is -0.610. The summed E-state index contributed by atoms with van der Waals surface area (Å²) in [6.45, 7) is 4.17. The van der Waals surface area contributed by atoms with E-state index in [0.29, 0.717) is 16.8 Å². The van der Waals surface area contributed by atoms with Crippen LogP contribution >= 0.6 is 22.9 Å². The summed E-state index contributed by atoms with van der Waals surface area (Å²) >= 11 is 7.09. The largest absolute Gasteiger partial charge is 0.461 e. The second-order valence-electron chi connectivity index (χ2n) is 2.71. The molecule has 14 heavy (non-hydrogen) atoms. The maximum absolute atomic E-state index is 11.4. The number of rotatable bonds is 4. The van der Waals surface area contributed by atoms with Gasteiger partial charge in [-0.25, -0.2) is 9.78 Å². The van der Waals surface area contributed by atoms with Crippen LogP contribution in [0.3, 0.4) is 0 Å². The minimum absolute atomic E-state index is 0.361. The second kappa shape index (κ2) is 5.32. The van der Waals surface area contributed by atoms with E-state index in [-0.39, 0.29) is 5.97 Å². The van der Waals surface area contributed by atoms with Crippen LogP contribution in [-0.2, 0) is 11.2 Å². The molecule has 0 aliphatic heterocycles. The van der Waals surface area contributed by atoms with Gasteiger partial charge in [-0.2, -0.15) is 0 Å². The van der Waals surface area contributed by atoms with Gasteiger partial charge in [0.25, 0.3) is 0 Å². The predicted molar refractivity (Wildman–Crippen MR) is 57.1 cm³/mol. The monoisotopic (exact) mass is 233 g/mol. The van der Waals surface area contributed by atoms with Gasteiger partial charge in [-0.05, 0) is 13.3 Å². The molecule has 0 aromatic carbocycles. The van der Waals surface area contributed by atoms with Crippen LogP contribution in [0.2, 0.25) is 4.47 Å². The number of halogens is 1. The Balaban J connectivity index is 2.88. The van der Waals surface area contributed by atoms with Gasteiger partial charge >= 0.3 is 5.97 Å². The number of thiazole rings is 1. The number of aryl methyl sites for hydroxylation is 1. The van der Waals surface area contributed by atoms with Gasteiger partial charge in [-0.3, -0.25) is 0 Å². The number of esters is 1. The lowest BCUT2D eigenvalue weighted by Crippen LogP contribution is -2.07. The van der Waals surface area contributed by atoms with E-state index in [2.05, 4.69) is 4.98 Å². The fourth-order valence-corrected chi connectivity index (χ4v) is 2.31. The molecule has 0 aliphatic rings. The Morgan fingerprint density at radius 1 is 1.57 bits per heavy atom. The Morgan fingerprint density at radius 3 is 2.86 bits per heavy atom. The third kappa shape index (κ3) is 2.69. The summed E-state index contributed by atoms with van der Waals surface area (Å²) in [6.07, 6.45) is 1.78. The molecule has 3 nitrogen and oxygen atoms in total. The van der Waals surface area contributed by atoms with Crippen LogP contribution in [0.5, 0.6) is 0 Å². The molecule has 0 spiro atoms. The average molecular weight is 234 g/mol. The quantitative estimate of drug-likeness (QED) is 0.751. The van der Waals surface area contributed by atoms with Crippen molar-refractivity contribution in [1.82, 2.24) is 4.98 Å². The van der Waals surface area contributed by atoms with Crippen molar-refractivity contribution in [3.63, 3.8) is 0 Å². The Labute approximate surface area is 92.1 Å². The van der Waals surface area contributed by atoms with Crippen LogP contribution in [0, 0.1) is 0 Å². The summed E-state index contributed by atoms with van der Waals surface area (Å²) in [7, 11) is 0. The zero-order valence-electron chi connectivity index (χ0n) is 8.17. The first kappa shape index (κ1) is 11.5. The van der Waals surface area contributed by atoms with Gasteiger partial charge in [0, 0.05) is 4.88 Å². The van der Waals surface area contributed by atoms with Crippen molar-refractivity contribution in [2.24, 2.45) is 0 Å². The summed E-state index contributed by atoms with van der Waals surface area (Å²) in [6, 6.07) is 0. The first-order chi connectivity index (χ1) is 6.69. The van der Waals surface area contributed by atoms with Gasteiger partial charge in [-0.15, -0.1) is 11.3 Å². The molecule has 0 radical (unpaired) electrons. The van der Waals surface area contributed by atoms with Gasteiger partial charge in [0.15, 0.2) is 10.2 Å². The number of carbonyl (C=O) groups is 1. The van der Waals surface area contributed by atoms with Crippen LogP contribution in [0.15, 0.2) is 0 Å². The number of nitrogens with zero attached hydrogens (tertiary/aromatic N) is 1. The molecule has 1 aromatic heterocycles. The highest BCUT2D eigenvalue weighted by molar-refractivity contribution is 7.16. The smallest absolute Gasteiger partial charge is 0.358 e. The zero-order chi connectivity index (χ0) is 10.6. The summed E-state index contributed by atoms with van der Waals surface area (Å²) in [5, 5.41) is 0. The molecular formula is C9H12ClNO2S. The van der Waals surface area contributed by atoms with Crippen LogP contribution in [0.4, 0.5) is 0 Å². The highest BCUT2D eigenvalue weighted by Crippen LogP contribution is 2.24. The van der Waals surface area contributed by atoms with E-state index in [1.54, 1.807) is 6.92 Å². The van der Waals surface area contributed by atoms with Gasteiger partial charge in [0.1, 0.15) is 0 Å². The molecule has 0 saturated heterocycles. The SMILES string of the molecule is CCCc1sc(Cl)nc1C(=O)OCC. The third-order valence-corrected chi connectivity index (χ3v) is 2.84. The molecule has 0 N–H and O–H groups in total. The zero-order valence-corrected chi connectivity index (χ0v) is 9.74. The normalized spacial score (nSPS) is 10.2. The van der Waals surface area contributed by atoms with Crippen molar-refractivity contribution in [3.05, 3.63) is 15.0 Å². The molecule has 0 bridgehead atoms. The molecule has 0 saturated carbocycles. The summed E-state index contributed by atoms with van der Waals surface area (Å²) in [5.41, 5.74) is 0.378. The number of carbonyl (C=O) groups excluding carboxylic acids is 1. The lowest BCUT2D eigenvalue weighted by Gasteiger charge is -2.00. The van der Waals surface area contributed by atoms with Gasteiger partial charge in [0.05, 0.1) is 6.61 Å². The molecule has 1 heterocycles.